The predicted molar refractivity (Wildman–Crippen MR) is 128 cm³/mol. The van der Waals surface area contributed by atoms with Gasteiger partial charge in [0.05, 0.1) is 24.9 Å². The van der Waals surface area contributed by atoms with E-state index in [-0.39, 0.29) is 17.9 Å². The zero-order valence-corrected chi connectivity index (χ0v) is 18.5. The molecule has 3 heterocycles. The number of ketones is 1. The molecule has 0 saturated carbocycles. The summed E-state index contributed by atoms with van der Waals surface area (Å²) in [5, 5.41) is 1.40. The second-order valence-corrected chi connectivity index (χ2v) is 8.72. The van der Waals surface area contributed by atoms with Crippen molar-refractivity contribution in [3.05, 3.63) is 81.8 Å². The van der Waals surface area contributed by atoms with Crippen LogP contribution >= 0.6 is 11.3 Å². The van der Waals surface area contributed by atoms with Gasteiger partial charge >= 0.3 is 0 Å². The van der Waals surface area contributed by atoms with Gasteiger partial charge in [-0.2, -0.15) is 0 Å². The monoisotopic (exact) mass is 443 g/mol. The number of Topliss-reactive ketones (excluding diaryl/α,β-unsaturated/α-hetero) is 1. The van der Waals surface area contributed by atoms with Crippen molar-refractivity contribution in [2.24, 2.45) is 0 Å². The van der Waals surface area contributed by atoms with E-state index in [2.05, 4.69) is 9.97 Å². The Balaban J connectivity index is 1.55. The molecule has 32 heavy (non-hydrogen) atoms. The van der Waals surface area contributed by atoms with Crippen LogP contribution in [0.1, 0.15) is 22.2 Å². The standard InChI is InChI=1S/C25H21N3O3S/c1-3-31-17-10-8-16(9-11-17)22-15(2)32-24-23(22)25(30)28(14-27-24)13-21(29)19-12-26-20-7-5-4-6-18(19)20/h4-12,14,26H,3,13H2,1-2H3. The SMILES string of the molecule is CCOc1ccc(-c2c(C)sc3ncn(CC(=O)c4c[nH]c5ccccc45)c(=O)c23)cc1. The summed E-state index contributed by atoms with van der Waals surface area (Å²) in [6, 6.07) is 15.3. The van der Waals surface area contributed by atoms with Gasteiger partial charge in [-0.1, -0.05) is 30.3 Å². The summed E-state index contributed by atoms with van der Waals surface area (Å²) in [4.78, 5) is 35.7. The number of para-hydroxylation sites is 1. The second kappa shape index (κ2) is 8.09. The smallest absolute Gasteiger partial charge is 0.263 e. The number of nitrogens with one attached hydrogen (secondary N) is 1. The van der Waals surface area contributed by atoms with Crippen LogP contribution in [-0.4, -0.2) is 26.9 Å². The Morgan fingerprint density at radius 1 is 1.16 bits per heavy atom. The summed E-state index contributed by atoms with van der Waals surface area (Å²) < 4.78 is 6.93. The molecule has 0 aliphatic rings. The number of carbonyl (C=O) groups is 1. The van der Waals surface area contributed by atoms with Crippen molar-refractivity contribution in [1.29, 1.82) is 0 Å². The van der Waals surface area contributed by atoms with Crippen LogP contribution in [0, 0.1) is 6.92 Å². The van der Waals surface area contributed by atoms with E-state index in [4.69, 9.17) is 4.74 Å². The molecule has 1 N–H and O–H groups in total. The van der Waals surface area contributed by atoms with Crippen LogP contribution in [0.3, 0.4) is 0 Å². The van der Waals surface area contributed by atoms with E-state index < -0.39 is 0 Å². The third-order valence-corrected chi connectivity index (χ3v) is 6.53. The lowest BCUT2D eigenvalue weighted by molar-refractivity contribution is 0.0972. The minimum Gasteiger partial charge on any atom is -0.494 e. The van der Waals surface area contributed by atoms with Crippen molar-refractivity contribution in [3.8, 4) is 16.9 Å². The molecule has 7 heteroatoms. The number of benzene rings is 2. The van der Waals surface area contributed by atoms with Gasteiger partial charge in [0.15, 0.2) is 5.78 Å². The first-order chi connectivity index (χ1) is 15.6. The molecule has 160 valence electrons. The highest BCUT2D eigenvalue weighted by Gasteiger charge is 2.19. The van der Waals surface area contributed by atoms with E-state index in [1.165, 1.54) is 22.2 Å². The molecule has 6 nitrogen and oxygen atoms in total. The first kappa shape index (κ1) is 20.2. The second-order valence-electron chi connectivity index (χ2n) is 7.52. The van der Waals surface area contributed by atoms with Crippen molar-refractivity contribution in [3.63, 3.8) is 0 Å². The molecule has 3 aromatic heterocycles. The Kier molecular flexibility index (Phi) is 5.11. The number of nitrogens with zero attached hydrogens (tertiary/aromatic N) is 2. The molecule has 0 fully saturated rings. The Hall–Kier alpha value is -3.71. The van der Waals surface area contributed by atoms with Gasteiger partial charge in [0.25, 0.3) is 5.56 Å². The van der Waals surface area contributed by atoms with Gasteiger partial charge in [-0.05, 0) is 37.6 Å². The lowest BCUT2D eigenvalue weighted by Crippen LogP contribution is -2.24. The maximum absolute atomic E-state index is 13.4. The fraction of sp³-hybridized carbons (Fsp3) is 0.160. The van der Waals surface area contributed by atoms with Gasteiger partial charge in [-0.3, -0.25) is 14.2 Å². The van der Waals surface area contributed by atoms with Gasteiger partial charge in [0.1, 0.15) is 10.6 Å². The van der Waals surface area contributed by atoms with Crippen molar-refractivity contribution in [2.75, 3.05) is 6.61 Å². The third kappa shape index (κ3) is 3.40. The van der Waals surface area contributed by atoms with Crippen molar-refractivity contribution < 1.29 is 9.53 Å². The van der Waals surface area contributed by atoms with Crippen LogP contribution < -0.4 is 10.3 Å². The van der Waals surface area contributed by atoms with E-state index in [0.717, 1.165) is 32.7 Å². The topological polar surface area (TPSA) is 77.0 Å². The van der Waals surface area contributed by atoms with Crippen LogP contribution in [0.2, 0.25) is 0 Å². The van der Waals surface area contributed by atoms with Crippen molar-refractivity contribution in [1.82, 2.24) is 14.5 Å². The first-order valence-electron chi connectivity index (χ1n) is 10.4. The van der Waals surface area contributed by atoms with Gasteiger partial charge in [-0.25, -0.2) is 4.98 Å². The van der Waals surface area contributed by atoms with Crippen molar-refractivity contribution in [2.45, 2.75) is 20.4 Å². The quantitative estimate of drug-likeness (QED) is 0.366. The largest absolute Gasteiger partial charge is 0.494 e. The molecule has 0 spiro atoms. The molecule has 0 saturated heterocycles. The Morgan fingerprint density at radius 3 is 2.72 bits per heavy atom. The van der Waals surface area contributed by atoms with E-state index in [9.17, 15) is 9.59 Å². The molecular weight excluding hydrogens is 422 g/mol. The fourth-order valence-electron chi connectivity index (χ4n) is 4.02. The highest BCUT2D eigenvalue weighted by Crippen LogP contribution is 2.36. The fourth-order valence-corrected chi connectivity index (χ4v) is 5.03. The predicted octanol–water partition coefficient (Wildman–Crippen LogP) is 5.20. The van der Waals surface area contributed by atoms with E-state index in [1.807, 2.05) is 62.4 Å². The summed E-state index contributed by atoms with van der Waals surface area (Å²) >= 11 is 1.48. The zero-order valence-electron chi connectivity index (χ0n) is 17.7. The van der Waals surface area contributed by atoms with E-state index in [1.54, 1.807) is 6.20 Å². The molecule has 0 amide bonds. The number of carbonyl (C=O) groups excluding carboxylic acids is 1. The molecule has 0 atom stereocenters. The number of thiophene rings is 1. The number of rotatable bonds is 6. The van der Waals surface area contributed by atoms with Gasteiger partial charge in [0, 0.05) is 33.1 Å². The first-order valence-corrected chi connectivity index (χ1v) is 11.2. The number of hydrogen-bond donors (Lipinski definition) is 1. The van der Waals surface area contributed by atoms with Crippen LogP contribution in [-0.2, 0) is 6.54 Å². The van der Waals surface area contributed by atoms with Gasteiger partial charge in [-0.15, -0.1) is 11.3 Å². The lowest BCUT2D eigenvalue weighted by atomic mass is 10.0. The molecule has 5 aromatic rings. The average molecular weight is 444 g/mol. The highest BCUT2D eigenvalue weighted by atomic mass is 32.1. The van der Waals surface area contributed by atoms with E-state index >= 15 is 0 Å². The molecule has 5 rings (SSSR count). The highest BCUT2D eigenvalue weighted by molar-refractivity contribution is 7.19. The normalized spacial score (nSPS) is 11.3. The zero-order chi connectivity index (χ0) is 22.2. The van der Waals surface area contributed by atoms with Crippen molar-refractivity contribution >= 4 is 38.2 Å². The number of aromatic nitrogens is 3. The minimum atomic E-state index is -0.212. The Labute approximate surface area is 188 Å². The van der Waals surface area contributed by atoms with Gasteiger partial charge < -0.3 is 9.72 Å². The number of aryl methyl sites for hydroxylation is 1. The molecule has 0 radical (unpaired) electrons. The third-order valence-electron chi connectivity index (χ3n) is 5.51. The van der Waals surface area contributed by atoms with Crippen LogP contribution in [0.4, 0.5) is 0 Å². The Bertz CT molecular complexity index is 1510. The maximum Gasteiger partial charge on any atom is 0.263 e. The minimum absolute atomic E-state index is 0.0682. The molecule has 0 aliphatic carbocycles. The summed E-state index contributed by atoms with van der Waals surface area (Å²) in [6.07, 6.45) is 3.17. The maximum atomic E-state index is 13.4. The van der Waals surface area contributed by atoms with Crippen LogP contribution in [0.5, 0.6) is 5.75 Å². The van der Waals surface area contributed by atoms with E-state index in [0.29, 0.717) is 22.4 Å². The Morgan fingerprint density at radius 2 is 1.94 bits per heavy atom. The average Bonchev–Trinajstić information content (AvgIpc) is 3.38. The molecule has 2 aromatic carbocycles. The summed E-state index contributed by atoms with van der Waals surface area (Å²) in [5.74, 6) is 0.647. The molecule has 0 aliphatic heterocycles. The number of aromatic amines is 1. The molecule has 0 bridgehead atoms. The summed E-state index contributed by atoms with van der Waals surface area (Å²) in [6.45, 7) is 4.45. The van der Waals surface area contributed by atoms with Crippen LogP contribution in [0.25, 0.3) is 32.2 Å². The summed E-state index contributed by atoms with van der Waals surface area (Å²) in [5.41, 5.74) is 3.04. The molecular formula is C25H21N3O3S. The number of fused-ring (bicyclic) bond motifs is 2. The van der Waals surface area contributed by atoms with Gasteiger partial charge in [0.2, 0.25) is 0 Å². The lowest BCUT2D eigenvalue weighted by Gasteiger charge is -2.07. The number of ether oxygens (including phenoxy) is 1. The number of H-pyrrole nitrogens is 1. The molecule has 0 unspecified atom stereocenters. The number of hydrogen-bond acceptors (Lipinski definition) is 5. The van der Waals surface area contributed by atoms with Crippen LogP contribution in [0.15, 0.2) is 65.8 Å². The summed E-state index contributed by atoms with van der Waals surface area (Å²) in [7, 11) is 0.